The number of nitrogens with one attached hydrogen (secondary N) is 1. The molecule has 2 heterocycles. The lowest BCUT2D eigenvalue weighted by Crippen LogP contribution is -2.42. The van der Waals surface area contributed by atoms with Crippen LogP contribution < -0.4 is 15.8 Å². The maximum Gasteiger partial charge on any atom is 0.257 e. The summed E-state index contributed by atoms with van der Waals surface area (Å²) in [5, 5.41) is 3.14. The first kappa shape index (κ1) is 13.2. The molecule has 0 aliphatic carbocycles. The van der Waals surface area contributed by atoms with E-state index >= 15 is 0 Å². The highest BCUT2D eigenvalue weighted by molar-refractivity contribution is 6.02. The Bertz CT molecular complexity index is 518. The molecule has 3 rings (SSSR count). The molecular formula is C15H21N3O2. The van der Waals surface area contributed by atoms with Crippen molar-refractivity contribution in [3.05, 3.63) is 23.8 Å². The van der Waals surface area contributed by atoms with E-state index in [0.717, 1.165) is 19.5 Å². The van der Waals surface area contributed by atoms with Crippen molar-refractivity contribution in [1.29, 1.82) is 0 Å². The van der Waals surface area contributed by atoms with Crippen LogP contribution in [-0.2, 0) is 0 Å². The van der Waals surface area contributed by atoms with Crippen LogP contribution in [-0.4, -0.2) is 43.1 Å². The smallest absolute Gasteiger partial charge is 0.257 e. The van der Waals surface area contributed by atoms with E-state index < -0.39 is 0 Å². The molecule has 0 spiro atoms. The third-order valence-corrected chi connectivity index (χ3v) is 4.43. The summed E-state index contributed by atoms with van der Waals surface area (Å²) >= 11 is 0. The van der Waals surface area contributed by atoms with Gasteiger partial charge in [0.1, 0.15) is 11.3 Å². The molecular weight excluding hydrogens is 254 g/mol. The SMILES string of the molecule is COc1cccc(N)c1C(=O)NC1CCN2CCCC12. The molecule has 2 fully saturated rings. The number of fused-ring (bicyclic) bond motifs is 1. The summed E-state index contributed by atoms with van der Waals surface area (Å²) in [4.78, 5) is 15.0. The number of methoxy groups -OCH3 is 1. The van der Waals surface area contributed by atoms with Gasteiger partial charge in [-0.1, -0.05) is 6.07 Å². The number of hydrogen-bond acceptors (Lipinski definition) is 4. The number of carbonyl (C=O) groups excluding carboxylic acids is 1. The number of carbonyl (C=O) groups is 1. The van der Waals surface area contributed by atoms with Crippen molar-refractivity contribution < 1.29 is 9.53 Å². The molecule has 1 aromatic carbocycles. The highest BCUT2D eigenvalue weighted by Gasteiger charge is 2.38. The number of anilines is 1. The maximum absolute atomic E-state index is 12.5. The maximum atomic E-state index is 12.5. The fourth-order valence-corrected chi connectivity index (χ4v) is 3.45. The summed E-state index contributed by atoms with van der Waals surface area (Å²) in [5.41, 5.74) is 6.84. The van der Waals surface area contributed by atoms with E-state index in [0.29, 0.717) is 23.0 Å². The molecule has 0 aromatic heterocycles. The second kappa shape index (κ2) is 5.32. The molecule has 0 bridgehead atoms. The van der Waals surface area contributed by atoms with Gasteiger partial charge in [0.25, 0.3) is 5.91 Å². The number of benzene rings is 1. The number of nitrogen functional groups attached to an aromatic ring is 1. The van der Waals surface area contributed by atoms with Crippen LogP contribution in [0.25, 0.3) is 0 Å². The molecule has 0 saturated carbocycles. The van der Waals surface area contributed by atoms with Gasteiger partial charge in [0.2, 0.25) is 0 Å². The van der Waals surface area contributed by atoms with Crippen molar-refractivity contribution in [3.8, 4) is 5.75 Å². The van der Waals surface area contributed by atoms with Crippen molar-refractivity contribution >= 4 is 11.6 Å². The van der Waals surface area contributed by atoms with Crippen molar-refractivity contribution in [2.45, 2.75) is 31.3 Å². The molecule has 2 aliphatic rings. The fraction of sp³-hybridized carbons (Fsp3) is 0.533. The number of hydrogen-bond donors (Lipinski definition) is 2. The molecule has 0 radical (unpaired) electrons. The number of nitrogens with zero attached hydrogens (tertiary/aromatic N) is 1. The van der Waals surface area contributed by atoms with Gasteiger partial charge in [-0.2, -0.15) is 0 Å². The highest BCUT2D eigenvalue weighted by Crippen LogP contribution is 2.29. The predicted molar refractivity (Wildman–Crippen MR) is 77.9 cm³/mol. The Balaban J connectivity index is 1.77. The summed E-state index contributed by atoms with van der Waals surface area (Å²) in [6.07, 6.45) is 3.42. The van der Waals surface area contributed by atoms with Gasteiger partial charge in [-0.3, -0.25) is 9.69 Å². The van der Waals surface area contributed by atoms with Crippen LogP contribution in [0, 0.1) is 0 Å². The Hall–Kier alpha value is -1.75. The Morgan fingerprint density at radius 3 is 3.05 bits per heavy atom. The van der Waals surface area contributed by atoms with Gasteiger partial charge in [0, 0.05) is 24.3 Å². The molecule has 2 aliphatic heterocycles. The lowest BCUT2D eigenvalue weighted by Gasteiger charge is -2.22. The van der Waals surface area contributed by atoms with Crippen molar-refractivity contribution in [2.75, 3.05) is 25.9 Å². The predicted octanol–water partition coefficient (Wildman–Crippen LogP) is 1.24. The van der Waals surface area contributed by atoms with Crippen molar-refractivity contribution in [1.82, 2.24) is 10.2 Å². The van der Waals surface area contributed by atoms with Crippen LogP contribution in [0.2, 0.25) is 0 Å². The molecule has 5 heteroatoms. The second-order valence-corrected chi connectivity index (χ2v) is 5.54. The fourth-order valence-electron chi connectivity index (χ4n) is 3.45. The molecule has 2 unspecified atom stereocenters. The van der Waals surface area contributed by atoms with E-state index in [9.17, 15) is 4.79 Å². The van der Waals surface area contributed by atoms with Crippen molar-refractivity contribution in [2.24, 2.45) is 0 Å². The Labute approximate surface area is 119 Å². The quantitative estimate of drug-likeness (QED) is 0.815. The van der Waals surface area contributed by atoms with E-state index in [2.05, 4.69) is 10.2 Å². The minimum atomic E-state index is -0.126. The number of rotatable bonds is 3. The Morgan fingerprint density at radius 1 is 1.40 bits per heavy atom. The van der Waals surface area contributed by atoms with Gasteiger partial charge in [0.15, 0.2) is 0 Å². The van der Waals surface area contributed by atoms with Crippen LogP contribution in [0.3, 0.4) is 0 Å². The minimum absolute atomic E-state index is 0.126. The molecule has 1 aromatic rings. The highest BCUT2D eigenvalue weighted by atomic mass is 16.5. The van der Waals surface area contributed by atoms with Crippen LogP contribution in [0.1, 0.15) is 29.6 Å². The van der Waals surface area contributed by atoms with E-state index in [-0.39, 0.29) is 11.9 Å². The molecule has 5 nitrogen and oxygen atoms in total. The first-order chi connectivity index (χ1) is 9.70. The number of nitrogens with two attached hydrogens (primary N) is 1. The summed E-state index contributed by atoms with van der Waals surface area (Å²) in [6, 6.07) is 6.01. The average Bonchev–Trinajstić information content (AvgIpc) is 3.03. The topological polar surface area (TPSA) is 67.6 Å². The second-order valence-electron chi connectivity index (χ2n) is 5.54. The van der Waals surface area contributed by atoms with Gasteiger partial charge in [-0.15, -0.1) is 0 Å². The van der Waals surface area contributed by atoms with Crippen LogP contribution in [0.4, 0.5) is 5.69 Å². The Kier molecular flexibility index (Phi) is 3.53. The third kappa shape index (κ3) is 2.22. The van der Waals surface area contributed by atoms with Crippen LogP contribution in [0.15, 0.2) is 18.2 Å². The Morgan fingerprint density at radius 2 is 2.25 bits per heavy atom. The van der Waals surface area contributed by atoms with Gasteiger partial charge < -0.3 is 15.8 Å². The monoisotopic (exact) mass is 275 g/mol. The van der Waals surface area contributed by atoms with E-state index in [1.54, 1.807) is 25.3 Å². The van der Waals surface area contributed by atoms with E-state index in [4.69, 9.17) is 10.5 Å². The van der Waals surface area contributed by atoms with Gasteiger partial charge >= 0.3 is 0 Å². The van der Waals surface area contributed by atoms with Gasteiger partial charge in [-0.05, 0) is 37.9 Å². The molecule has 1 amide bonds. The van der Waals surface area contributed by atoms with E-state index in [1.165, 1.54) is 12.8 Å². The van der Waals surface area contributed by atoms with Crippen LogP contribution >= 0.6 is 0 Å². The molecule has 108 valence electrons. The number of ether oxygens (including phenoxy) is 1. The standard InChI is InChI=1S/C15H21N3O2/c1-20-13-6-2-4-10(16)14(13)15(19)17-11-7-9-18-8-3-5-12(11)18/h2,4,6,11-12H,3,5,7-9,16H2,1H3,(H,17,19). The lowest BCUT2D eigenvalue weighted by molar-refractivity contribution is 0.0927. The summed E-state index contributed by atoms with van der Waals surface area (Å²) < 4.78 is 5.25. The van der Waals surface area contributed by atoms with Gasteiger partial charge in [0.05, 0.1) is 7.11 Å². The van der Waals surface area contributed by atoms with Crippen molar-refractivity contribution in [3.63, 3.8) is 0 Å². The zero-order valence-electron chi connectivity index (χ0n) is 11.8. The largest absolute Gasteiger partial charge is 0.496 e. The first-order valence-electron chi connectivity index (χ1n) is 7.18. The summed E-state index contributed by atoms with van der Waals surface area (Å²) in [5.74, 6) is 0.405. The third-order valence-electron chi connectivity index (χ3n) is 4.43. The molecule has 2 saturated heterocycles. The molecule has 3 N–H and O–H groups in total. The molecule has 2 atom stereocenters. The zero-order valence-corrected chi connectivity index (χ0v) is 11.8. The zero-order chi connectivity index (χ0) is 14.1. The average molecular weight is 275 g/mol. The lowest BCUT2D eigenvalue weighted by atomic mass is 10.1. The first-order valence-corrected chi connectivity index (χ1v) is 7.18. The summed E-state index contributed by atoms with van der Waals surface area (Å²) in [6.45, 7) is 2.24. The van der Waals surface area contributed by atoms with E-state index in [1.807, 2.05) is 0 Å². The van der Waals surface area contributed by atoms with Gasteiger partial charge in [-0.25, -0.2) is 0 Å². The molecule has 20 heavy (non-hydrogen) atoms. The number of amides is 1. The van der Waals surface area contributed by atoms with Crippen LogP contribution in [0.5, 0.6) is 5.75 Å². The summed E-state index contributed by atoms with van der Waals surface area (Å²) in [7, 11) is 1.56. The normalized spacial score (nSPS) is 25.4. The minimum Gasteiger partial charge on any atom is -0.496 e.